The molecule has 0 aliphatic rings. The van der Waals surface area contributed by atoms with Gasteiger partial charge in [-0.15, -0.1) is 0 Å². The monoisotopic (exact) mass is 431 g/mol. The van der Waals surface area contributed by atoms with Crippen molar-refractivity contribution in [3.05, 3.63) is 36.1 Å². The first-order chi connectivity index (χ1) is 16.1. The van der Waals surface area contributed by atoms with Crippen molar-refractivity contribution in [1.82, 2.24) is 14.9 Å². The van der Waals surface area contributed by atoms with Crippen molar-refractivity contribution >= 4 is 21.8 Å². The summed E-state index contributed by atoms with van der Waals surface area (Å²) in [5.41, 5.74) is 0.00790. The highest BCUT2D eigenvalue weighted by molar-refractivity contribution is 7.84. The second-order valence-electron chi connectivity index (χ2n) is 5.80. The normalized spacial score (nSPS) is 16.3. The lowest BCUT2D eigenvalue weighted by molar-refractivity contribution is -0.0497. The molecular formula is C19H21F2N3O4S. The zero-order valence-electron chi connectivity index (χ0n) is 21.7. The number of aromatic amines is 1. The van der Waals surface area contributed by atoms with Crippen LogP contribution >= 0.6 is 0 Å². The molecule has 3 aromatic rings. The number of nitrogens with one attached hydrogen (secondary N) is 1. The molecular weight excluding hydrogens is 404 g/mol. The van der Waals surface area contributed by atoms with Crippen molar-refractivity contribution in [3.63, 3.8) is 0 Å². The number of fused-ring (bicyclic) bond motifs is 1. The largest absolute Gasteiger partial charge is 0.488 e. The lowest BCUT2D eigenvalue weighted by Gasteiger charge is -2.16. The van der Waals surface area contributed by atoms with E-state index in [1.165, 1.54) is 26.0 Å². The Kier molecular flexibility index (Phi) is 4.51. The van der Waals surface area contributed by atoms with Crippen LogP contribution in [0.5, 0.6) is 17.2 Å². The summed E-state index contributed by atoms with van der Waals surface area (Å²) in [6.45, 7) is -1.57. The van der Waals surface area contributed by atoms with E-state index in [9.17, 15) is 13.0 Å². The molecule has 0 saturated carbocycles. The summed E-state index contributed by atoms with van der Waals surface area (Å²) in [7, 11) is -2.12. The fourth-order valence-corrected chi connectivity index (χ4v) is 3.32. The molecule has 2 heterocycles. The molecule has 10 heteroatoms. The molecule has 1 unspecified atom stereocenters. The first-order valence-electron chi connectivity index (χ1n) is 11.2. The van der Waals surface area contributed by atoms with Crippen LogP contribution in [0, 0.1) is 0 Å². The van der Waals surface area contributed by atoms with E-state index in [2.05, 4.69) is 14.7 Å². The molecule has 0 amide bonds. The maximum Gasteiger partial charge on any atom is 0.387 e. The third-order valence-corrected chi connectivity index (χ3v) is 4.54. The second-order valence-corrected chi connectivity index (χ2v) is 7.14. The smallest absolute Gasteiger partial charge is 0.387 e. The third kappa shape index (κ3) is 5.20. The third-order valence-electron chi connectivity index (χ3n) is 3.41. The Bertz CT molecular complexity index is 1280. The van der Waals surface area contributed by atoms with Gasteiger partial charge in [-0.05, 0) is 32.9 Å². The number of imidazole rings is 1. The number of halogens is 2. The average Bonchev–Trinajstić information content (AvgIpc) is 3.02. The van der Waals surface area contributed by atoms with Gasteiger partial charge >= 0.3 is 6.61 Å². The molecule has 0 radical (unpaired) electrons. The van der Waals surface area contributed by atoms with Crippen molar-refractivity contribution in [1.29, 1.82) is 0 Å². The Balaban J connectivity index is 2.06. The molecule has 1 N–H and O–H groups in total. The van der Waals surface area contributed by atoms with Crippen LogP contribution in [-0.4, -0.2) is 38.4 Å². The quantitative estimate of drug-likeness (QED) is 0.550. The molecule has 1 aromatic carbocycles. The number of aromatic nitrogens is 3. The van der Waals surface area contributed by atoms with E-state index in [1.54, 1.807) is 0 Å². The van der Waals surface area contributed by atoms with E-state index in [-0.39, 0.29) is 27.6 Å². The molecule has 0 bridgehead atoms. The van der Waals surface area contributed by atoms with Gasteiger partial charge < -0.3 is 19.2 Å². The second kappa shape index (κ2) is 9.17. The van der Waals surface area contributed by atoms with Crippen LogP contribution in [0.25, 0.3) is 11.0 Å². The van der Waals surface area contributed by atoms with Crippen LogP contribution in [0.3, 0.4) is 0 Å². The minimum Gasteiger partial charge on any atom is -0.488 e. The summed E-state index contributed by atoms with van der Waals surface area (Å²) < 4.78 is 101. The van der Waals surface area contributed by atoms with Crippen LogP contribution in [0.4, 0.5) is 8.78 Å². The molecule has 0 aliphatic carbocycles. The van der Waals surface area contributed by atoms with Crippen molar-refractivity contribution in [2.24, 2.45) is 0 Å². The summed E-state index contributed by atoms with van der Waals surface area (Å²) in [5.74, 6) is -1.55. The summed E-state index contributed by atoms with van der Waals surface area (Å²) in [4.78, 5) is 8.70. The van der Waals surface area contributed by atoms with Gasteiger partial charge in [0.15, 0.2) is 18.1 Å². The van der Waals surface area contributed by atoms with E-state index in [0.717, 1.165) is 18.0 Å². The van der Waals surface area contributed by atoms with Crippen LogP contribution in [0.2, 0.25) is 1.41 Å². The van der Waals surface area contributed by atoms with Gasteiger partial charge in [0.2, 0.25) is 0 Å². The van der Waals surface area contributed by atoms with Crippen molar-refractivity contribution in [2.45, 2.75) is 44.4 Å². The number of nitrogens with zero attached hydrogens (tertiary/aromatic N) is 2. The first kappa shape index (κ1) is 14.3. The van der Waals surface area contributed by atoms with Gasteiger partial charge in [-0.2, -0.15) is 8.78 Å². The highest BCUT2D eigenvalue weighted by Crippen LogP contribution is 2.32. The Morgan fingerprint density at radius 2 is 2.21 bits per heavy atom. The van der Waals surface area contributed by atoms with Gasteiger partial charge in [0.05, 0.1) is 52.8 Å². The molecule has 0 aliphatic heterocycles. The SMILES string of the molecule is [2H]c1nc(CS(=O)c2nc3cc(OC(F)F)ccc3n2[2H])c(OC([2H])([2H])C)c(OC([2H])(C)C)c1[2H]. The number of pyridine rings is 1. The zero-order valence-corrected chi connectivity index (χ0v) is 16.5. The standard InChI is InChI=1S/C19H21F2N3O4S/c1-4-26-17-15(22-8-7-16(17)27-11(2)3)10-29(25)19-23-13-6-5-12(28-18(20)21)9-14(13)24-19/h5-9,11,18H,4,10H2,1-3H3,(H,23,24)/i4D2,7D,8D,11D/hD. The molecule has 3 rings (SSSR count). The van der Waals surface area contributed by atoms with Gasteiger partial charge in [-0.1, -0.05) is 0 Å². The molecule has 156 valence electrons. The van der Waals surface area contributed by atoms with Crippen molar-refractivity contribution in [3.8, 4) is 17.2 Å². The predicted molar refractivity (Wildman–Crippen MR) is 104 cm³/mol. The molecule has 1 atom stereocenters. The van der Waals surface area contributed by atoms with Gasteiger partial charge in [0.1, 0.15) is 5.75 Å². The number of ether oxygens (including phenoxy) is 3. The van der Waals surface area contributed by atoms with Gasteiger partial charge in [0, 0.05) is 18.3 Å². The molecule has 7 nitrogen and oxygen atoms in total. The predicted octanol–water partition coefficient (Wildman–Crippen LogP) is 4.05. The Hall–Kier alpha value is -2.75. The Morgan fingerprint density at radius 1 is 1.41 bits per heavy atom. The van der Waals surface area contributed by atoms with Crippen LogP contribution in [0.15, 0.2) is 35.6 Å². The summed E-state index contributed by atoms with van der Waals surface area (Å²) in [6.07, 6.45) is -2.18. The highest BCUT2D eigenvalue weighted by atomic mass is 32.2. The molecule has 2 aromatic heterocycles. The van der Waals surface area contributed by atoms with E-state index in [1.807, 2.05) is 0 Å². The van der Waals surface area contributed by atoms with Crippen molar-refractivity contribution in [2.75, 3.05) is 6.56 Å². The van der Waals surface area contributed by atoms with Crippen molar-refractivity contribution < 1.29 is 35.5 Å². The molecule has 0 saturated heterocycles. The van der Waals surface area contributed by atoms with Crippen LogP contribution in [0.1, 0.15) is 33.3 Å². The Labute approximate surface area is 177 Å². The molecule has 29 heavy (non-hydrogen) atoms. The number of hydrogen-bond donors (Lipinski definition) is 1. The summed E-state index contributed by atoms with van der Waals surface area (Å²) in [5, 5.41) is -0.286. The molecule has 0 fully saturated rings. The lowest BCUT2D eigenvalue weighted by Crippen LogP contribution is -2.10. The van der Waals surface area contributed by atoms with Crippen LogP contribution < -0.4 is 14.2 Å². The summed E-state index contributed by atoms with van der Waals surface area (Å²) in [6, 6.07) is 3.10. The number of hydrogen-bond acceptors (Lipinski definition) is 6. The maximum atomic E-state index is 13.2. The van der Waals surface area contributed by atoms with Gasteiger partial charge in [-0.3, -0.25) is 9.19 Å². The molecule has 0 spiro atoms. The average molecular weight is 431 g/mol. The highest BCUT2D eigenvalue weighted by Gasteiger charge is 2.19. The number of benzene rings is 1. The fourth-order valence-electron chi connectivity index (χ4n) is 2.35. The number of H-pyrrole nitrogens is 1. The topological polar surface area (TPSA) is 86.3 Å². The van der Waals surface area contributed by atoms with E-state index < -0.39 is 59.5 Å². The van der Waals surface area contributed by atoms with Crippen LogP contribution in [-0.2, 0) is 16.6 Å². The minimum absolute atomic E-state index is 0.0680. The Morgan fingerprint density at radius 3 is 2.90 bits per heavy atom. The number of rotatable bonds is 9. The maximum absolute atomic E-state index is 13.2. The number of alkyl halides is 2. The first-order valence-corrected chi connectivity index (χ1v) is 9.60. The summed E-state index contributed by atoms with van der Waals surface area (Å²) >= 11 is 0. The zero-order chi connectivity index (χ0) is 26.3. The van der Waals surface area contributed by atoms with Gasteiger partial charge in [0.25, 0.3) is 0 Å². The van der Waals surface area contributed by atoms with E-state index >= 15 is 0 Å². The fraction of sp³-hybridized carbons (Fsp3) is 0.368. The lowest BCUT2D eigenvalue weighted by atomic mass is 10.3. The van der Waals surface area contributed by atoms with E-state index in [4.69, 9.17) is 17.7 Å². The minimum atomic E-state index is -3.06. The van der Waals surface area contributed by atoms with E-state index in [0.29, 0.717) is 0 Å². The van der Waals surface area contributed by atoms with Gasteiger partial charge in [-0.25, -0.2) is 4.98 Å².